The fourth-order valence-electron chi connectivity index (χ4n) is 2.49. The van der Waals surface area contributed by atoms with Crippen molar-refractivity contribution >= 4 is 38.9 Å². The first-order valence-corrected chi connectivity index (χ1v) is 9.90. The Bertz CT molecular complexity index is 694. The van der Waals surface area contributed by atoms with E-state index in [4.69, 9.17) is 23.2 Å². The number of amides is 1. The van der Waals surface area contributed by atoms with Gasteiger partial charge < -0.3 is 5.32 Å². The van der Waals surface area contributed by atoms with Gasteiger partial charge in [-0.2, -0.15) is 0 Å². The minimum atomic E-state index is -3.00. The second-order valence-electron chi connectivity index (χ2n) is 5.94. The molecule has 128 valence electrons. The largest absolute Gasteiger partial charge is 0.351 e. The van der Waals surface area contributed by atoms with E-state index in [1.54, 1.807) is 19.1 Å². The van der Waals surface area contributed by atoms with Gasteiger partial charge in [0.15, 0.2) is 9.84 Å². The number of halogens is 2. The maximum Gasteiger partial charge on any atom is 0.237 e. The van der Waals surface area contributed by atoms with Gasteiger partial charge in [-0.1, -0.05) is 29.3 Å². The topological polar surface area (TPSA) is 66.5 Å². The van der Waals surface area contributed by atoms with Crippen molar-refractivity contribution in [3.63, 3.8) is 0 Å². The molecular weight excluding hydrogens is 359 g/mol. The van der Waals surface area contributed by atoms with Gasteiger partial charge in [0.1, 0.15) is 0 Å². The molecule has 1 aromatic rings. The Labute approximate surface area is 146 Å². The standard InChI is InChI=1S/C15H20Cl2N2O3S/c1-10(15(20)18-13-5-6-23(21,22)9-13)19(2)8-11-3-4-12(16)7-14(11)17/h3-4,7,10,13H,5-6,8-9H2,1-2H3,(H,18,20)/t10-,13-/m0/s1. The summed E-state index contributed by atoms with van der Waals surface area (Å²) in [6.07, 6.45) is 0.480. The lowest BCUT2D eigenvalue weighted by Gasteiger charge is -2.25. The summed E-state index contributed by atoms with van der Waals surface area (Å²) in [5.41, 5.74) is 0.877. The van der Waals surface area contributed by atoms with Crippen molar-refractivity contribution in [2.75, 3.05) is 18.6 Å². The first kappa shape index (κ1) is 18.5. The summed E-state index contributed by atoms with van der Waals surface area (Å²) in [4.78, 5) is 14.1. The van der Waals surface area contributed by atoms with Crippen molar-refractivity contribution in [1.82, 2.24) is 10.2 Å². The van der Waals surface area contributed by atoms with Gasteiger partial charge >= 0.3 is 0 Å². The zero-order valence-corrected chi connectivity index (χ0v) is 15.4. The number of hydrogen-bond acceptors (Lipinski definition) is 4. The third-order valence-electron chi connectivity index (χ3n) is 4.05. The number of rotatable bonds is 5. The van der Waals surface area contributed by atoms with E-state index in [1.165, 1.54) is 0 Å². The fraction of sp³-hybridized carbons (Fsp3) is 0.533. The molecule has 5 nitrogen and oxygen atoms in total. The van der Waals surface area contributed by atoms with Crippen LogP contribution in [0.25, 0.3) is 0 Å². The van der Waals surface area contributed by atoms with E-state index in [1.807, 2.05) is 18.0 Å². The van der Waals surface area contributed by atoms with Crippen LogP contribution >= 0.6 is 23.2 Å². The molecule has 1 saturated heterocycles. The molecule has 0 unspecified atom stereocenters. The summed E-state index contributed by atoms with van der Waals surface area (Å²) < 4.78 is 22.9. The van der Waals surface area contributed by atoms with E-state index >= 15 is 0 Å². The average Bonchev–Trinajstić information content (AvgIpc) is 2.80. The molecule has 23 heavy (non-hydrogen) atoms. The van der Waals surface area contributed by atoms with Gasteiger partial charge in [0.25, 0.3) is 0 Å². The summed E-state index contributed by atoms with van der Waals surface area (Å²) >= 11 is 12.0. The van der Waals surface area contributed by atoms with Crippen LogP contribution in [0, 0.1) is 0 Å². The highest BCUT2D eigenvalue weighted by molar-refractivity contribution is 7.91. The van der Waals surface area contributed by atoms with Crippen LogP contribution in [0.15, 0.2) is 18.2 Å². The van der Waals surface area contributed by atoms with E-state index in [0.717, 1.165) is 5.56 Å². The van der Waals surface area contributed by atoms with Gasteiger partial charge in [0.05, 0.1) is 17.5 Å². The Balaban J connectivity index is 1.93. The highest BCUT2D eigenvalue weighted by Crippen LogP contribution is 2.22. The molecule has 1 aliphatic rings. The van der Waals surface area contributed by atoms with Gasteiger partial charge in [-0.05, 0) is 38.1 Å². The van der Waals surface area contributed by atoms with Crippen LogP contribution in [-0.4, -0.2) is 49.9 Å². The predicted molar refractivity (Wildman–Crippen MR) is 92.6 cm³/mol. The van der Waals surface area contributed by atoms with Crippen molar-refractivity contribution in [3.8, 4) is 0 Å². The van der Waals surface area contributed by atoms with Gasteiger partial charge in [0.2, 0.25) is 5.91 Å². The van der Waals surface area contributed by atoms with E-state index < -0.39 is 15.9 Å². The Kier molecular flexibility index (Phi) is 5.94. The van der Waals surface area contributed by atoms with Crippen molar-refractivity contribution in [2.24, 2.45) is 0 Å². The molecule has 2 atom stereocenters. The Morgan fingerprint density at radius 3 is 2.70 bits per heavy atom. The lowest BCUT2D eigenvalue weighted by molar-refractivity contribution is -0.126. The molecule has 1 amide bonds. The van der Waals surface area contributed by atoms with E-state index in [2.05, 4.69) is 5.32 Å². The minimum absolute atomic E-state index is 0.0260. The molecule has 0 saturated carbocycles. The molecule has 0 bridgehead atoms. The minimum Gasteiger partial charge on any atom is -0.351 e. The third kappa shape index (κ3) is 5.08. The SMILES string of the molecule is C[C@@H](C(=O)N[C@H]1CCS(=O)(=O)C1)N(C)Cc1ccc(Cl)cc1Cl. The monoisotopic (exact) mass is 378 g/mol. The molecule has 1 fully saturated rings. The fourth-order valence-corrected chi connectivity index (χ4v) is 4.63. The van der Waals surface area contributed by atoms with Crippen molar-refractivity contribution in [3.05, 3.63) is 33.8 Å². The highest BCUT2D eigenvalue weighted by Gasteiger charge is 2.30. The zero-order chi connectivity index (χ0) is 17.2. The maximum atomic E-state index is 12.3. The number of carbonyl (C=O) groups is 1. The average molecular weight is 379 g/mol. The lowest BCUT2D eigenvalue weighted by atomic mass is 10.1. The van der Waals surface area contributed by atoms with Crippen LogP contribution < -0.4 is 5.32 Å². The van der Waals surface area contributed by atoms with E-state index in [-0.39, 0.29) is 23.5 Å². The van der Waals surface area contributed by atoms with Crippen molar-refractivity contribution in [1.29, 1.82) is 0 Å². The summed E-state index contributed by atoms with van der Waals surface area (Å²) in [5.74, 6) is -0.0134. The molecule has 0 aromatic heterocycles. The van der Waals surface area contributed by atoms with Gasteiger partial charge in [-0.25, -0.2) is 8.42 Å². The predicted octanol–water partition coefficient (Wildman–Crippen LogP) is 2.12. The number of benzene rings is 1. The molecule has 1 heterocycles. The summed E-state index contributed by atoms with van der Waals surface area (Å²) in [7, 11) is -1.18. The Morgan fingerprint density at radius 2 is 2.13 bits per heavy atom. The molecule has 1 aliphatic heterocycles. The number of hydrogen-bond donors (Lipinski definition) is 1. The Morgan fingerprint density at radius 1 is 1.43 bits per heavy atom. The third-order valence-corrected chi connectivity index (χ3v) is 6.41. The molecule has 0 aliphatic carbocycles. The summed E-state index contributed by atoms with van der Waals surface area (Å²) in [5, 5.41) is 3.93. The van der Waals surface area contributed by atoms with Crippen molar-refractivity contribution in [2.45, 2.75) is 32.0 Å². The molecular formula is C15H20Cl2N2O3S. The van der Waals surface area contributed by atoms with E-state index in [9.17, 15) is 13.2 Å². The smallest absolute Gasteiger partial charge is 0.237 e. The number of sulfone groups is 1. The quantitative estimate of drug-likeness (QED) is 0.851. The second kappa shape index (κ2) is 7.38. The van der Waals surface area contributed by atoms with Gasteiger partial charge in [-0.3, -0.25) is 9.69 Å². The van der Waals surface area contributed by atoms with Crippen LogP contribution in [0.3, 0.4) is 0 Å². The first-order valence-electron chi connectivity index (χ1n) is 7.33. The van der Waals surface area contributed by atoms with E-state index in [0.29, 0.717) is 23.0 Å². The number of likely N-dealkylation sites (N-methyl/N-ethyl adjacent to an activating group) is 1. The van der Waals surface area contributed by atoms with Crippen molar-refractivity contribution < 1.29 is 13.2 Å². The van der Waals surface area contributed by atoms with Crippen LogP contribution in [0.5, 0.6) is 0 Å². The number of nitrogens with zero attached hydrogens (tertiary/aromatic N) is 1. The van der Waals surface area contributed by atoms with Gasteiger partial charge in [-0.15, -0.1) is 0 Å². The zero-order valence-electron chi connectivity index (χ0n) is 13.1. The summed E-state index contributed by atoms with van der Waals surface area (Å²) in [6, 6.07) is 4.56. The molecule has 8 heteroatoms. The van der Waals surface area contributed by atoms with Crippen LogP contribution in [0.2, 0.25) is 10.0 Å². The van der Waals surface area contributed by atoms with Crippen LogP contribution in [-0.2, 0) is 21.2 Å². The molecule has 1 N–H and O–H groups in total. The molecule has 1 aromatic carbocycles. The lowest BCUT2D eigenvalue weighted by Crippen LogP contribution is -2.47. The second-order valence-corrected chi connectivity index (χ2v) is 9.01. The number of carbonyl (C=O) groups excluding carboxylic acids is 1. The number of nitrogens with one attached hydrogen (secondary N) is 1. The summed E-state index contributed by atoms with van der Waals surface area (Å²) in [6.45, 7) is 2.27. The first-order chi connectivity index (χ1) is 10.7. The molecule has 0 radical (unpaired) electrons. The van der Waals surface area contributed by atoms with Crippen LogP contribution in [0.1, 0.15) is 18.9 Å². The molecule has 0 spiro atoms. The normalized spacial score (nSPS) is 21.3. The van der Waals surface area contributed by atoms with Crippen LogP contribution in [0.4, 0.5) is 0 Å². The maximum absolute atomic E-state index is 12.3. The Hall–Kier alpha value is -0.820. The van der Waals surface area contributed by atoms with Gasteiger partial charge in [0, 0.05) is 22.6 Å². The highest BCUT2D eigenvalue weighted by atomic mass is 35.5. The molecule has 2 rings (SSSR count).